The zero-order chi connectivity index (χ0) is 29.4. The number of carboxylic acids is 1. The maximum Gasteiger partial charge on any atom is 1.00 e. The van der Waals surface area contributed by atoms with Gasteiger partial charge in [0.2, 0.25) is 0 Å². The second kappa shape index (κ2) is 37.3. The van der Waals surface area contributed by atoms with E-state index in [9.17, 15) is 9.90 Å². The number of carbonyl (C=O) groups is 1. The molecule has 240 valence electrons. The van der Waals surface area contributed by atoms with E-state index in [1.807, 2.05) is 0 Å². The molecular weight excluding hydrogens is 530 g/mol. The van der Waals surface area contributed by atoms with E-state index >= 15 is 0 Å². The first-order valence-electron chi connectivity index (χ1n) is 18.6. The molecule has 0 saturated carbocycles. The van der Waals surface area contributed by atoms with Crippen LogP contribution in [0.5, 0.6) is 0 Å². The van der Waals surface area contributed by atoms with E-state index in [4.69, 9.17) is 0 Å². The predicted molar refractivity (Wildman–Crippen MR) is 176 cm³/mol. The molecule has 0 aliphatic heterocycles. The topological polar surface area (TPSA) is 43.4 Å². The van der Waals surface area contributed by atoms with Crippen LogP contribution in [0.15, 0.2) is 0 Å². The number of aliphatic carboxylic acids is 1. The van der Waals surface area contributed by atoms with Crippen molar-refractivity contribution in [2.75, 3.05) is 13.1 Å². The molecular formula is C37H74KNO2. The molecule has 0 aromatic heterocycles. The molecule has 41 heavy (non-hydrogen) atoms. The Bertz CT molecular complexity index is 469. The first-order valence-corrected chi connectivity index (χ1v) is 18.6. The van der Waals surface area contributed by atoms with Gasteiger partial charge in [-0.3, -0.25) is 4.90 Å². The molecule has 0 aliphatic carbocycles. The molecule has 0 saturated heterocycles. The molecule has 0 aromatic rings. The van der Waals surface area contributed by atoms with Gasteiger partial charge in [-0.1, -0.05) is 194 Å². The molecule has 0 fully saturated rings. The Hall–Kier alpha value is 1.07. The second-order valence-corrected chi connectivity index (χ2v) is 12.9. The molecule has 3 nitrogen and oxygen atoms in total. The Labute approximate surface area is 302 Å². The second-order valence-electron chi connectivity index (χ2n) is 12.9. The summed E-state index contributed by atoms with van der Waals surface area (Å²) in [4.78, 5) is 14.1. The third kappa shape index (κ3) is 32.3. The molecule has 0 spiro atoms. The Morgan fingerprint density at radius 1 is 0.439 bits per heavy atom. The maximum atomic E-state index is 11.9. The zero-order valence-corrected chi connectivity index (χ0v) is 32.1. The number of carbonyl (C=O) groups excluding carboxylic acids is 1. The summed E-state index contributed by atoms with van der Waals surface area (Å²) in [6.45, 7) is 8.51. The first-order chi connectivity index (χ1) is 19.7. The number of nitrogens with zero attached hydrogens (tertiary/aromatic N) is 1. The van der Waals surface area contributed by atoms with Crippen molar-refractivity contribution in [3.05, 3.63) is 0 Å². The fraction of sp³-hybridized carbons (Fsp3) is 0.973. The quantitative estimate of drug-likeness (QED) is 0.0550. The number of hydrogen-bond donors (Lipinski definition) is 0. The van der Waals surface area contributed by atoms with Gasteiger partial charge in [0.05, 0.1) is 5.97 Å². The summed E-state index contributed by atoms with van der Waals surface area (Å²) in [5.74, 6) is -0.863. The van der Waals surface area contributed by atoms with E-state index in [2.05, 4.69) is 25.7 Å². The van der Waals surface area contributed by atoms with Gasteiger partial charge in [0.25, 0.3) is 0 Å². The summed E-state index contributed by atoms with van der Waals surface area (Å²) in [7, 11) is 0. The van der Waals surface area contributed by atoms with Crippen LogP contribution in [0, 0.1) is 0 Å². The average Bonchev–Trinajstić information content (AvgIpc) is 2.95. The average molecular weight is 604 g/mol. The van der Waals surface area contributed by atoms with Gasteiger partial charge in [0, 0.05) is 6.04 Å². The van der Waals surface area contributed by atoms with Crippen molar-refractivity contribution in [2.45, 2.75) is 219 Å². The van der Waals surface area contributed by atoms with Crippen LogP contribution in [-0.4, -0.2) is 30.0 Å². The van der Waals surface area contributed by atoms with Crippen LogP contribution in [0.2, 0.25) is 0 Å². The monoisotopic (exact) mass is 604 g/mol. The SMILES string of the molecule is CCCCCCCCCCCCCCCCN(CCCCCCCCCCCCCCCC)C(CCC)C(=O)[O-].[K+]. The van der Waals surface area contributed by atoms with E-state index in [0.29, 0.717) is 0 Å². The fourth-order valence-corrected chi connectivity index (χ4v) is 6.17. The third-order valence-corrected chi connectivity index (χ3v) is 8.87. The van der Waals surface area contributed by atoms with Crippen molar-refractivity contribution >= 4 is 5.97 Å². The van der Waals surface area contributed by atoms with Crippen molar-refractivity contribution in [1.29, 1.82) is 0 Å². The van der Waals surface area contributed by atoms with E-state index in [-0.39, 0.29) is 51.4 Å². The van der Waals surface area contributed by atoms with Crippen LogP contribution in [0.3, 0.4) is 0 Å². The van der Waals surface area contributed by atoms with Gasteiger partial charge in [-0.2, -0.15) is 0 Å². The first kappa shape index (κ1) is 44.2. The van der Waals surface area contributed by atoms with E-state index in [1.165, 1.54) is 167 Å². The molecule has 0 N–H and O–H groups in total. The smallest absolute Gasteiger partial charge is 0.548 e. The van der Waals surface area contributed by atoms with Gasteiger partial charge in [-0.05, 0) is 32.4 Å². The van der Waals surface area contributed by atoms with Crippen LogP contribution < -0.4 is 56.5 Å². The number of hydrogen-bond acceptors (Lipinski definition) is 3. The minimum Gasteiger partial charge on any atom is -0.548 e. The van der Waals surface area contributed by atoms with E-state index in [0.717, 1.165) is 38.8 Å². The maximum absolute atomic E-state index is 11.9. The largest absolute Gasteiger partial charge is 1.00 e. The Kier molecular flexibility index (Phi) is 40.2. The standard InChI is InChI=1S/C37H75NO2.K/c1-4-7-9-11-13-15-17-19-21-23-25-27-29-31-34-38(36(33-6-3)37(39)40)35-32-30-28-26-24-22-20-18-16-14-12-10-8-5-2;/h36H,4-35H2,1-3H3,(H,39,40);/q;+1/p-1. The molecule has 1 unspecified atom stereocenters. The van der Waals surface area contributed by atoms with Crippen molar-refractivity contribution < 1.29 is 61.3 Å². The summed E-state index contributed by atoms with van der Waals surface area (Å²) >= 11 is 0. The molecule has 4 heteroatoms. The third-order valence-electron chi connectivity index (χ3n) is 8.87. The van der Waals surface area contributed by atoms with Crippen molar-refractivity contribution in [1.82, 2.24) is 4.90 Å². The van der Waals surface area contributed by atoms with Crippen molar-refractivity contribution in [3.63, 3.8) is 0 Å². The summed E-state index contributed by atoms with van der Waals surface area (Å²) in [6.07, 6.45) is 39.7. The van der Waals surface area contributed by atoms with Crippen LogP contribution in [0.4, 0.5) is 0 Å². The summed E-state index contributed by atoms with van der Waals surface area (Å²) in [5.41, 5.74) is 0. The summed E-state index contributed by atoms with van der Waals surface area (Å²) in [5, 5.41) is 11.9. The van der Waals surface area contributed by atoms with E-state index < -0.39 is 12.0 Å². The van der Waals surface area contributed by atoms with Gasteiger partial charge in [-0.25, -0.2) is 0 Å². The number of unbranched alkanes of at least 4 members (excludes halogenated alkanes) is 26. The number of rotatable bonds is 34. The van der Waals surface area contributed by atoms with Gasteiger partial charge in [-0.15, -0.1) is 0 Å². The summed E-state index contributed by atoms with van der Waals surface area (Å²) < 4.78 is 0. The van der Waals surface area contributed by atoms with Crippen LogP contribution >= 0.6 is 0 Å². The molecule has 0 radical (unpaired) electrons. The van der Waals surface area contributed by atoms with Gasteiger partial charge in [0.15, 0.2) is 0 Å². The summed E-state index contributed by atoms with van der Waals surface area (Å²) in [6, 6.07) is -0.394. The molecule has 0 heterocycles. The Morgan fingerprint density at radius 2 is 0.683 bits per heavy atom. The predicted octanol–water partition coefficient (Wildman–Crippen LogP) is 8.17. The van der Waals surface area contributed by atoms with Crippen LogP contribution in [-0.2, 0) is 4.79 Å². The molecule has 0 bridgehead atoms. The zero-order valence-electron chi connectivity index (χ0n) is 29.0. The molecule has 0 aromatic carbocycles. The normalized spacial score (nSPS) is 12.1. The van der Waals surface area contributed by atoms with Gasteiger partial charge < -0.3 is 9.90 Å². The van der Waals surface area contributed by atoms with Gasteiger partial charge >= 0.3 is 51.4 Å². The minimum atomic E-state index is -0.863. The molecule has 0 rings (SSSR count). The van der Waals surface area contributed by atoms with Crippen molar-refractivity contribution in [2.24, 2.45) is 0 Å². The van der Waals surface area contributed by atoms with Crippen LogP contribution in [0.25, 0.3) is 0 Å². The fourth-order valence-electron chi connectivity index (χ4n) is 6.17. The van der Waals surface area contributed by atoms with Crippen molar-refractivity contribution in [3.8, 4) is 0 Å². The minimum absolute atomic E-state index is 0. The number of carboxylic acid groups (broad SMARTS) is 1. The Balaban J connectivity index is 0. The van der Waals surface area contributed by atoms with E-state index in [1.54, 1.807) is 0 Å². The molecule has 0 aliphatic rings. The molecule has 1 atom stereocenters. The van der Waals surface area contributed by atoms with Gasteiger partial charge in [0.1, 0.15) is 0 Å². The van der Waals surface area contributed by atoms with Crippen LogP contribution in [0.1, 0.15) is 213 Å². The molecule has 0 amide bonds. The Morgan fingerprint density at radius 3 is 0.902 bits per heavy atom.